The lowest BCUT2D eigenvalue weighted by Crippen LogP contribution is -1.89. The first-order valence-electron chi connectivity index (χ1n) is 4.16. The Bertz CT molecular complexity index is 554. The van der Waals surface area contributed by atoms with Gasteiger partial charge in [0.15, 0.2) is 0 Å². The van der Waals surface area contributed by atoms with Crippen molar-refractivity contribution in [1.82, 2.24) is 0 Å². The van der Waals surface area contributed by atoms with Crippen molar-refractivity contribution < 1.29 is 10.0 Å². The van der Waals surface area contributed by atoms with Gasteiger partial charge >= 0.3 is 5.69 Å². The highest BCUT2D eigenvalue weighted by molar-refractivity contribution is 9.10. The van der Waals surface area contributed by atoms with E-state index in [1.54, 1.807) is 24.3 Å². The fourth-order valence-corrected chi connectivity index (χ4v) is 2.00. The molecular formula is C10H6BrNO3. The highest BCUT2D eigenvalue weighted by atomic mass is 79.9. The van der Waals surface area contributed by atoms with Gasteiger partial charge in [-0.3, -0.25) is 10.1 Å². The summed E-state index contributed by atoms with van der Waals surface area (Å²) in [6.07, 6.45) is 0. The molecule has 5 heteroatoms. The molecule has 0 saturated carbocycles. The maximum atomic E-state index is 10.6. The minimum Gasteiger partial charge on any atom is -0.502 e. The summed E-state index contributed by atoms with van der Waals surface area (Å²) in [6.45, 7) is 0. The third-order valence-electron chi connectivity index (χ3n) is 2.14. The molecule has 0 unspecified atom stereocenters. The normalized spacial score (nSPS) is 10.5. The maximum absolute atomic E-state index is 10.6. The number of aromatic hydroxyl groups is 1. The molecule has 2 aromatic carbocycles. The molecule has 0 aliphatic carbocycles. The lowest BCUT2D eigenvalue weighted by molar-refractivity contribution is -0.385. The summed E-state index contributed by atoms with van der Waals surface area (Å²) in [5.74, 6) is -0.293. The average Bonchev–Trinajstić information content (AvgIpc) is 2.23. The number of phenolic OH excluding ortho intramolecular Hbond substituents is 1. The Morgan fingerprint density at radius 2 is 1.87 bits per heavy atom. The lowest BCUT2D eigenvalue weighted by atomic mass is 10.1. The largest absolute Gasteiger partial charge is 0.502 e. The molecule has 76 valence electrons. The molecule has 0 amide bonds. The van der Waals surface area contributed by atoms with Gasteiger partial charge in [0.1, 0.15) is 0 Å². The van der Waals surface area contributed by atoms with Gasteiger partial charge < -0.3 is 5.11 Å². The molecule has 2 rings (SSSR count). The van der Waals surface area contributed by atoms with Crippen LogP contribution in [0.15, 0.2) is 34.8 Å². The molecule has 15 heavy (non-hydrogen) atoms. The average molecular weight is 268 g/mol. The number of rotatable bonds is 1. The highest BCUT2D eigenvalue weighted by Crippen LogP contribution is 2.38. The van der Waals surface area contributed by atoms with Crippen LogP contribution in [0.4, 0.5) is 5.69 Å². The first kappa shape index (κ1) is 9.92. The zero-order valence-electron chi connectivity index (χ0n) is 7.48. The Hall–Kier alpha value is -1.62. The van der Waals surface area contributed by atoms with Crippen LogP contribution in [-0.4, -0.2) is 10.0 Å². The van der Waals surface area contributed by atoms with E-state index < -0.39 is 4.92 Å². The number of halogens is 1. The lowest BCUT2D eigenvalue weighted by Gasteiger charge is -2.03. The predicted molar refractivity (Wildman–Crippen MR) is 60.0 cm³/mol. The second kappa shape index (κ2) is 3.51. The second-order valence-electron chi connectivity index (χ2n) is 3.03. The summed E-state index contributed by atoms with van der Waals surface area (Å²) in [7, 11) is 0. The van der Waals surface area contributed by atoms with Gasteiger partial charge in [-0.1, -0.05) is 24.3 Å². The van der Waals surface area contributed by atoms with E-state index in [0.717, 1.165) is 5.39 Å². The van der Waals surface area contributed by atoms with Gasteiger partial charge in [-0.2, -0.15) is 0 Å². The Morgan fingerprint density at radius 3 is 2.47 bits per heavy atom. The minimum atomic E-state index is -0.605. The van der Waals surface area contributed by atoms with Crippen LogP contribution in [0.3, 0.4) is 0 Å². The summed E-state index contributed by atoms with van der Waals surface area (Å²) < 4.78 is 0.600. The quantitative estimate of drug-likeness (QED) is 0.638. The molecule has 0 aliphatic heterocycles. The van der Waals surface area contributed by atoms with Crippen LogP contribution >= 0.6 is 15.9 Å². The molecule has 0 radical (unpaired) electrons. The van der Waals surface area contributed by atoms with Crippen LogP contribution in [0.5, 0.6) is 5.75 Å². The van der Waals surface area contributed by atoms with Crippen molar-refractivity contribution in [2.75, 3.05) is 0 Å². The van der Waals surface area contributed by atoms with E-state index >= 15 is 0 Å². The summed E-state index contributed by atoms with van der Waals surface area (Å²) in [5.41, 5.74) is -0.291. The van der Waals surface area contributed by atoms with Crippen molar-refractivity contribution >= 4 is 32.4 Å². The van der Waals surface area contributed by atoms with E-state index in [9.17, 15) is 15.2 Å². The summed E-state index contributed by atoms with van der Waals surface area (Å²) >= 11 is 3.23. The Kier molecular flexibility index (Phi) is 2.32. The van der Waals surface area contributed by atoms with Gasteiger partial charge in [-0.05, 0) is 15.9 Å². The van der Waals surface area contributed by atoms with Gasteiger partial charge in [-0.15, -0.1) is 0 Å². The molecule has 0 saturated heterocycles. The second-order valence-corrected chi connectivity index (χ2v) is 3.88. The van der Waals surface area contributed by atoms with Crippen molar-refractivity contribution in [2.45, 2.75) is 0 Å². The van der Waals surface area contributed by atoms with Crippen LogP contribution in [0.1, 0.15) is 0 Å². The number of hydrogen-bond acceptors (Lipinski definition) is 3. The summed E-state index contributed by atoms with van der Waals surface area (Å²) in [4.78, 5) is 10.0. The number of phenols is 1. The topological polar surface area (TPSA) is 63.4 Å². The minimum absolute atomic E-state index is 0.291. The van der Waals surface area contributed by atoms with Crippen LogP contribution in [0, 0.1) is 10.1 Å². The maximum Gasteiger partial charge on any atom is 0.312 e. The molecule has 0 aliphatic rings. The van der Waals surface area contributed by atoms with E-state index in [4.69, 9.17) is 0 Å². The van der Waals surface area contributed by atoms with E-state index in [2.05, 4.69) is 15.9 Å². The van der Waals surface area contributed by atoms with Crippen molar-refractivity contribution in [3.8, 4) is 5.75 Å². The summed E-state index contributed by atoms with van der Waals surface area (Å²) in [5, 5.41) is 21.5. The molecule has 0 spiro atoms. The highest BCUT2D eigenvalue weighted by Gasteiger charge is 2.17. The predicted octanol–water partition coefficient (Wildman–Crippen LogP) is 3.22. The van der Waals surface area contributed by atoms with Crippen LogP contribution in [0.25, 0.3) is 10.8 Å². The molecule has 4 nitrogen and oxygen atoms in total. The number of fused-ring (bicyclic) bond motifs is 1. The third kappa shape index (κ3) is 1.55. The van der Waals surface area contributed by atoms with E-state index in [0.29, 0.717) is 9.86 Å². The molecule has 0 aromatic heterocycles. The number of nitro groups is 1. The fraction of sp³-hybridized carbons (Fsp3) is 0. The fourth-order valence-electron chi connectivity index (χ4n) is 1.44. The van der Waals surface area contributed by atoms with Gasteiger partial charge in [0, 0.05) is 21.3 Å². The Labute approximate surface area is 93.4 Å². The molecule has 0 fully saturated rings. The summed E-state index contributed by atoms with van der Waals surface area (Å²) in [6, 6.07) is 8.25. The van der Waals surface area contributed by atoms with Gasteiger partial charge in [0.2, 0.25) is 5.75 Å². The zero-order chi connectivity index (χ0) is 11.0. The van der Waals surface area contributed by atoms with Crippen LogP contribution in [0.2, 0.25) is 0 Å². The van der Waals surface area contributed by atoms with E-state index in [-0.39, 0.29) is 11.4 Å². The van der Waals surface area contributed by atoms with Crippen molar-refractivity contribution in [1.29, 1.82) is 0 Å². The molecule has 0 heterocycles. The standard InChI is InChI=1S/C10H6BrNO3/c11-8-5-9(12(14)15)10(13)7-4-2-1-3-6(7)8/h1-5,13H. The number of benzene rings is 2. The smallest absolute Gasteiger partial charge is 0.312 e. The van der Waals surface area contributed by atoms with E-state index in [1.165, 1.54) is 6.07 Å². The molecule has 0 atom stereocenters. The number of hydrogen-bond donors (Lipinski definition) is 1. The molecular weight excluding hydrogens is 262 g/mol. The van der Waals surface area contributed by atoms with Crippen molar-refractivity contribution in [2.24, 2.45) is 0 Å². The molecule has 1 N–H and O–H groups in total. The van der Waals surface area contributed by atoms with Gasteiger partial charge in [-0.25, -0.2) is 0 Å². The van der Waals surface area contributed by atoms with Crippen LogP contribution < -0.4 is 0 Å². The SMILES string of the molecule is O=[N+]([O-])c1cc(Br)c2ccccc2c1O. The monoisotopic (exact) mass is 267 g/mol. The van der Waals surface area contributed by atoms with Crippen molar-refractivity contribution in [3.63, 3.8) is 0 Å². The molecule has 2 aromatic rings. The third-order valence-corrected chi connectivity index (χ3v) is 2.80. The number of nitrogens with zero attached hydrogens (tertiary/aromatic N) is 1. The first-order valence-corrected chi connectivity index (χ1v) is 4.95. The zero-order valence-corrected chi connectivity index (χ0v) is 9.06. The van der Waals surface area contributed by atoms with Crippen LogP contribution in [-0.2, 0) is 0 Å². The number of nitro benzene ring substituents is 1. The van der Waals surface area contributed by atoms with Gasteiger partial charge in [0.25, 0.3) is 0 Å². The van der Waals surface area contributed by atoms with Gasteiger partial charge in [0.05, 0.1) is 4.92 Å². The first-order chi connectivity index (χ1) is 7.11. The van der Waals surface area contributed by atoms with Crippen molar-refractivity contribution in [3.05, 3.63) is 44.9 Å². The Balaban J connectivity index is 2.90. The molecule has 0 bridgehead atoms. The van der Waals surface area contributed by atoms with E-state index in [1.807, 2.05) is 0 Å². The Morgan fingerprint density at radius 1 is 1.27 bits per heavy atom.